The van der Waals surface area contributed by atoms with Crippen LogP contribution in [0.5, 0.6) is 0 Å². The summed E-state index contributed by atoms with van der Waals surface area (Å²) in [4.78, 5) is 86.6. The third-order valence-corrected chi connectivity index (χ3v) is 15.9. The molecule has 3 fully saturated rings. The lowest BCUT2D eigenvalue weighted by atomic mass is 9.98. The maximum atomic E-state index is 13.9. The van der Waals surface area contributed by atoms with E-state index in [1.807, 2.05) is 63.4 Å². The molecule has 0 radical (unpaired) electrons. The Morgan fingerprint density at radius 1 is 0.793 bits per heavy atom. The number of benzene rings is 2. The second-order valence-electron chi connectivity index (χ2n) is 22.4. The van der Waals surface area contributed by atoms with Gasteiger partial charge in [0.1, 0.15) is 18.0 Å². The number of fused-ring (bicyclic) bond motifs is 2. The number of hydrogen-bond donors (Lipinski definition) is 3. The molecular weight excluding hydrogens is 1110 g/mol. The maximum Gasteiger partial charge on any atom is 0.277 e. The van der Waals surface area contributed by atoms with Crippen molar-refractivity contribution in [3.8, 4) is 11.3 Å². The van der Waals surface area contributed by atoms with Crippen LogP contribution in [0.2, 0.25) is 0 Å². The Morgan fingerprint density at radius 2 is 1.51 bits per heavy atom. The highest BCUT2D eigenvalue weighted by molar-refractivity contribution is 6.13. The van der Waals surface area contributed by atoms with E-state index >= 15 is 0 Å². The molecule has 3 aliphatic rings. The number of anilines is 4. The Hall–Kier alpha value is -7.78. The van der Waals surface area contributed by atoms with Gasteiger partial charge in [-0.05, 0) is 94.6 Å². The first-order chi connectivity index (χ1) is 42.1. The predicted octanol–water partition coefficient (Wildman–Crippen LogP) is 4.51. The summed E-state index contributed by atoms with van der Waals surface area (Å²) in [6.07, 6.45) is 6.51. The molecular formula is C62H83N15O10. The van der Waals surface area contributed by atoms with Gasteiger partial charge in [0, 0.05) is 82.8 Å². The fraction of sp³-hybridized carbons (Fsp3) is 0.516. The minimum atomic E-state index is -0.469. The number of nitrogens with one attached hydrogen (secondary N) is 2. The van der Waals surface area contributed by atoms with Crippen molar-refractivity contribution >= 4 is 69.0 Å². The van der Waals surface area contributed by atoms with Crippen molar-refractivity contribution in [3.63, 3.8) is 0 Å². The van der Waals surface area contributed by atoms with E-state index < -0.39 is 5.91 Å². The van der Waals surface area contributed by atoms with Crippen LogP contribution in [0.15, 0.2) is 67.0 Å². The van der Waals surface area contributed by atoms with Crippen molar-refractivity contribution in [1.82, 2.24) is 54.7 Å². The van der Waals surface area contributed by atoms with Crippen molar-refractivity contribution in [2.75, 3.05) is 167 Å². The van der Waals surface area contributed by atoms with Crippen LogP contribution in [0, 0.1) is 13.8 Å². The number of piperidine rings is 1. The molecule has 2 aromatic carbocycles. The van der Waals surface area contributed by atoms with Crippen molar-refractivity contribution in [2.24, 2.45) is 0 Å². The molecule has 4 N–H and O–H groups in total. The number of hydrogen-bond acceptors (Lipinski definition) is 20. The molecule has 0 saturated carbocycles. The second-order valence-corrected chi connectivity index (χ2v) is 22.4. The molecule has 0 spiro atoms. The summed E-state index contributed by atoms with van der Waals surface area (Å²) in [6, 6.07) is 15.1. The van der Waals surface area contributed by atoms with Crippen molar-refractivity contribution in [3.05, 3.63) is 95.0 Å². The highest BCUT2D eigenvalue weighted by Crippen LogP contribution is 2.33. The van der Waals surface area contributed by atoms with E-state index in [0.29, 0.717) is 158 Å². The molecule has 0 unspecified atom stereocenters. The number of likely N-dealkylation sites (tertiary alicyclic amines) is 1. The summed E-state index contributed by atoms with van der Waals surface area (Å²) in [5, 5.41) is 11.9. The molecule has 6 aromatic rings. The number of pyridine rings is 1. The summed E-state index contributed by atoms with van der Waals surface area (Å²) < 4.78 is 36.0. The molecule has 3 saturated heterocycles. The molecule has 25 nitrogen and oxygen atoms in total. The van der Waals surface area contributed by atoms with E-state index in [-0.39, 0.29) is 53.8 Å². The van der Waals surface area contributed by atoms with Gasteiger partial charge in [0.15, 0.2) is 17.0 Å². The Balaban J connectivity index is 0.624. The zero-order valence-electron chi connectivity index (χ0n) is 51.2. The van der Waals surface area contributed by atoms with Crippen LogP contribution < -0.4 is 26.2 Å². The summed E-state index contributed by atoms with van der Waals surface area (Å²) in [6.45, 7) is 17.8. The van der Waals surface area contributed by atoms with E-state index in [1.165, 1.54) is 6.33 Å². The topological polar surface area (TPSA) is 272 Å². The number of carbonyl (C=O) groups is 4. The smallest absolute Gasteiger partial charge is 0.277 e. The zero-order chi connectivity index (χ0) is 61.4. The number of rotatable bonds is 27. The first kappa shape index (κ1) is 63.7. The van der Waals surface area contributed by atoms with E-state index in [9.17, 15) is 19.2 Å². The van der Waals surface area contributed by atoms with Crippen molar-refractivity contribution in [2.45, 2.75) is 65.1 Å². The van der Waals surface area contributed by atoms with Crippen molar-refractivity contribution < 1.29 is 47.6 Å². The van der Waals surface area contributed by atoms with Gasteiger partial charge >= 0.3 is 0 Å². The molecule has 25 heteroatoms. The number of ether oxygens (including phenoxy) is 6. The number of carbonyl (C=O) groups excluding carboxylic acids is 4. The van der Waals surface area contributed by atoms with Crippen molar-refractivity contribution in [1.29, 1.82) is 0 Å². The van der Waals surface area contributed by atoms with E-state index in [0.717, 1.165) is 52.8 Å². The third-order valence-electron chi connectivity index (χ3n) is 15.9. The molecule has 466 valence electrons. The Labute approximate surface area is 507 Å². The van der Waals surface area contributed by atoms with Gasteiger partial charge in [-0.2, -0.15) is 15.1 Å². The average molecular weight is 1200 g/mol. The Bertz CT molecular complexity index is 3380. The lowest BCUT2D eigenvalue weighted by molar-refractivity contribution is -0.128. The van der Waals surface area contributed by atoms with Gasteiger partial charge in [0.25, 0.3) is 11.8 Å². The molecule has 0 bridgehead atoms. The molecule has 4 aromatic heterocycles. The van der Waals surface area contributed by atoms with Gasteiger partial charge in [0.2, 0.25) is 17.8 Å². The van der Waals surface area contributed by atoms with Crippen LogP contribution in [0.4, 0.5) is 23.3 Å². The van der Waals surface area contributed by atoms with E-state index in [4.69, 9.17) is 54.2 Å². The number of nitrogen functional groups attached to an aromatic ring is 1. The minimum Gasteiger partial charge on any atom is -0.383 e. The number of aromatic nitrogens is 7. The average Bonchev–Trinajstić information content (AvgIpc) is 1.96. The molecule has 0 aliphatic carbocycles. The Kier molecular flexibility index (Phi) is 22.5. The molecule has 3 atom stereocenters. The lowest BCUT2D eigenvalue weighted by Gasteiger charge is -2.37. The van der Waals surface area contributed by atoms with Crippen LogP contribution in [-0.4, -0.2) is 231 Å². The summed E-state index contributed by atoms with van der Waals surface area (Å²) in [5.74, 6) is 0.800. The molecule has 7 heterocycles. The standard InChI is InChI=1S/C62H83N15O10/c1-41-38-86-27-23-75(41)58-49-16-18-51(67-57(49)69-62(70-58)76-24-28-87-39-42(76)2)46-11-8-12-47(35-46)60(80)64-19-25-82-29-31-84-33-34-85-32-30-83-26-22-73(7)20-10-14-52(78)74-21-9-13-48(37-74)77-59-54(56(63)65-40-66-59)55(71-77)61(81)68-50-17-15-45(43(3)44(50)4)36-53(79)72(5)6/h8,10-12,14-18,35,40-42,48H,9,13,19-34,36-39H2,1-7H3,(H,64,80)(H,68,81)(H2,63,65,66)/b14-10+/t41-,42-,48-/m1/s1. The molecule has 4 amide bonds. The van der Waals surface area contributed by atoms with E-state index in [1.54, 1.807) is 46.8 Å². The minimum absolute atomic E-state index is 0.0135. The number of nitrogens with two attached hydrogens (primary N) is 1. The third kappa shape index (κ3) is 16.4. The SMILES string of the molecule is Cc1c(CC(=O)N(C)C)ccc(NC(=O)c2nn([C@@H]3CCCN(C(=O)/C=C/CN(C)CCOCCOCCOCCOCCNC(=O)c4cccc(-c5ccc6c(N7CCOC[C@H]7C)nc(N7CCOC[C@H]7C)nc6n5)c4)C3)c3ncnc(N)c23)c1C. The molecule has 9 rings (SSSR count). The van der Waals surface area contributed by atoms with Gasteiger partial charge in [-0.15, -0.1) is 0 Å². The monoisotopic (exact) mass is 1200 g/mol. The molecule has 3 aliphatic heterocycles. The van der Waals surface area contributed by atoms with Gasteiger partial charge in [-0.1, -0.05) is 24.3 Å². The van der Waals surface area contributed by atoms with Gasteiger partial charge < -0.3 is 69.3 Å². The number of amides is 4. The lowest BCUT2D eigenvalue weighted by Crippen LogP contribution is -2.46. The Morgan fingerprint density at radius 3 is 2.23 bits per heavy atom. The summed E-state index contributed by atoms with van der Waals surface area (Å²) in [5.41, 5.74) is 12.7. The van der Waals surface area contributed by atoms with Gasteiger partial charge in [-0.3, -0.25) is 19.2 Å². The maximum absolute atomic E-state index is 13.9. The van der Waals surface area contributed by atoms with E-state index in [2.05, 4.69) is 49.1 Å². The first-order valence-corrected chi connectivity index (χ1v) is 30.0. The number of nitrogens with zero attached hydrogens (tertiary/aromatic N) is 12. The first-order valence-electron chi connectivity index (χ1n) is 30.0. The fourth-order valence-corrected chi connectivity index (χ4v) is 10.7. The second kappa shape index (κ2) is 30.7. The van der Waals surface area contributed by atoms with Gasteiger partial charge in [0.05, 0.1) is 120 Å². The zero-order valence-corrected chi connectivity index (χ0v) is 51.2. The fourth-order valence-electron chi connectivity index (χ4n) is 10.7. The summed E-state index contributed by atoms with van der Waals surface area (Å²) in [7, 11) is 5.41. The largest absolute Gasteiger partial charge is 0.383 e. The number of morpholine rings is 2. The quantitative estimate of drug-likeness (QED) is 0.0473. The van der Waals surface area contributed by atoms with Crippen LogP contribution in [0.1, 0.15) is 70.3 Å². The number of likely N-dealkylation sites (N-methyl/N-ethyl adjacent to an activating group) is 2. The van der Waals surface area contributed by atoms with Crippen LogP contribution in [0.25, 0.3) is 33.3 Å². The van der Waals surface area contributed by atoms with Crippen LogP contribution >= 0.6 is 0 Å². The predicted molar refractivity (Wildman–Crippen MR) is 331 cm³/mol. The molecule has 87 heavy (non-hydrogen) atoms. The van der Waals surface area contributed by atoms with Crippen LogP contribution in [-0.2, 0) is 44.4 Å². The van der Waals surface area contributed by atoms with Gasteiger partial charge in [-0.25, -0.2) is 19.6 Å². The highest BCUT2D eigenvalue weighted by atomic mass is 16.6. The van der Waals surface area contributed by atoms with Crippen LogP contribution in [0.3, 0.4) is 0 Å². The highest BCUT2D eigenvalue weighted by Gasteiger charge is 2.31. The summed E-state index contributed by atoms with van der Waals surface area (Å²) >= 11 is 0. The normalized spacial score (nSPS) is 17.4.